The maximum atomic E-state index is 4.66. The van der Waals surface area contributed by atoms with Crippen LogP contribution in [0.4, 0.5) is 5.82 Å². The summed E-state index contributed by atoms with van der Waals surface area (Å²) in [6.45, 7) is 12.1. The molecule has 1 saturated heterocycles. The van der Waals surface area contributed by atoms with E-state index in [9.17, 15) is 0 Å². The first-order chi connectivity index (χ1) is 12.9. The standard InChI is InChI=1S/C22H27N5/c1-16-15-26(22(2,3)4)12-13-27(16)21-19-14-23-11-10-18(19)20(24-25-21)17-8-6-5-7-9-17/h5-11,14,16H,12-13,15H2,1-4H3/t16-/m1/s1. The number of piperazine rings is 1. The van der Waals surface area contributed by atoms with Crippen LogP contribution in [-0.2, 0) is 0 Å². The molecule has 0 aliphatic carbocycles. The van der Waals surface area contributed by atoms with Crippen molar-refractivity contribution in [3.8, 4) is 11.3 Å². The molecule has 0 N–H and O–H groups in total. The van der Waals surface area contributed by atoms with Gasteiger partial charge in [0.05, 0.1) is 0 Å². The zero-order valence-corrected chi connectivity index (χ0v) is 16.6. The Balaban J connectivity index is 1.74. The lowest BCUT2D eigenvalue weighted by atomic mass is 10.0. The second-order valence-corrected chi connectivity index (χ2v) is 8.32. The fourth-order valence-electron chi connectivity index (χ4n) is 3.89. The van der Waals surface area contributed by atoms with Gasteiger partial charge in [0.2, 0.25) is 0 Å². The summed E-state index contributed by atoms with van der Waals surface area (Å²) in [5.41, 5.74) is 2.18. The predicted molar refractivity (Wildman–Crippen MR) is 111 cm³/mol. The van der Waals surface area contributed by atoms with E-state index in [2.05, 4.69) is 64.8 Å². The van der Waals surface area contributed by atoms with Gasteiger partial charge in [0.1, 0.15) is 5.69 Å². The van der Waals surface area contributed by atoms with Crippen molar-refractivity contribution in [1.29, 1.82) is 0 Å². The van der Waals surface area contributed by atoms with Crippen LogP contribution >= 0.6 is 0 Å². The van der Waals surface area contributed by atoms with Gasteiger partial charge in [0.25, 0.3) is 0 Å². The first kappa shape index (κ1) is 17.9. The lowest BCUT2D eigenvalue weighted by Crippen LogP contribution is -2.57. The van der Waals surface area contributed by atoms with E-state index in [1.807, 2.05) is 36.7 Å². The van der Waals surface area contributed by atoms with Crippen molar-refractivity contribution in [2.45, 2.75) is 39.3 Å². The van der Waals surface area contributed by atoms with E-state index in [0.717, 1.165) is 47.5 Å². The molecular formula is C22H27N5. The highest BCUT2D eigenvalue weighted by Crippen LogP contribution is 2.32. The van der Waals surface area contributed by atoms with Crippen LogP contribution in [0.2, 0.25) is 0 Å². The molecule has 0 radical (unpaired) electrons. The Morgan fingerprint density at radius 1 is 0.963 bits per heavy atom. The van der Waals surface area contributed by atoms with Crippen LogP contribution in [0.3, 0.4) is 0 Å². The summed E-state index contributed by atoms with van der Waals surface area (Å²) in [4.78, 5) is 9.30. The highest BCUT2D eigenvalue weighted by Gasteiger charge is 2.31. The normalized spacial score (nSPS) is 18.8. The molecule has 2 aromatic heterocycles. The maximum absolute atomic E-state index is 4.66. The van der Waals surface area contributed by atoms with Crippen LogP contribution in [0, 0.1) is 0 Å². The monoisotopic (exact) mass is 361 g/mol. The number of nitrogens with zero attached hydrogens (tertiary/aromatic N) is 5. The summed E-state index contributed by atoms with van der Waals surface area (Å²) >= 11 is 0. The average molecular weight is 361 g/mol. The summed E-state index contributed by atoms with van der Waals surface area (Å²) in [5, 5.41) is 11.5. The molecule has 0 unspecified atom stereocenters. The average Bonchev–Trinajstić information content (AvgIpc) is 2.67. The van der Waals surface area contributed by atoms with Crippen molar-refractivity contribution in [3.05, 3.63) is 48.8 Å². The zero-order chi connectivity index (χ0) is 19.0. The topological polar surface area (TPSA) is 45.2 Å². The van der Waals surface area contributed by atoms with Gasteiger partial charge in [-0.1, -0.05) is 30.3 Å². The lowest BCUT2D eigenvalue weighted by Gasteiger charge is -2.46. The van der Waals surface area contributed by atoms with E-state index in [1.165, 1.54) is 0 Å². The fourth-order valence-corrected chi connectivity index (χ4v) is 3.89. The number of hydrogen-bond acceptors (Lipinski definition) is 5. The van der Waals surface area contributed by atoms with Crippen molar-refractivity contribution in [1.82, 2.24) is 20.1 Å². The number of rotatable bonds is 2. The number of benzene rings is 1. The van der Waals surface area contributed by atoms with E-state index in [-0.39, 0.29) is 5.54 Å². The van der Waals surface area contributed by atoms with Gasteiger partial charge < -0.3 is 4.90 Å². The minimum absolute atomic E-state index is 0.187. The van der Waals surface area contributed by atoms with E-state index in [1.54, 1.807) is 0 Å². The highest BCUT2D eigenvalue weighted by atomic mass is 15.3. The van der Waals surface area contributed by atoms with Crippen molar-refractivity contribution in [2.75, 3.05) is 24.5 Å². The van der Waals surface area contributed by atoms with E-state index in [0.29, 0.717) is 6.04 Å². The molecule has 0 bridgehead atoms. The Labute approximate surface area is 161 Å². The highest BCUT2D eigenvalue weighted by molar-refractivity contribution is 5.99. The second-order valence-electron chi connectivity index (χ2n) is 8.32. The van der Waals surface area contributed by atoms with Gasteiger partial charge in [-0.2, -0.15) is 0 Å². The number of anilines is 1. The van der Waals surface area contributed by atoms with Gasteiger partial charge in [-0.05, 0) is 33.8 Å². The summed E-state index contributed by atoms with van der Waals surface area (Å²) < 4.78 is 0. The molecule has 140 valence electrons. The maximum Gasteiger partial charge on any atom is 0.161 e. The van der Waals surface area contributed by atoms with Crippen LogP contribution in [0.1, 0.15) is 27.7 Å². The van der Waals surface area contributed by atoms with Crippen LogP contribution in [0.25, 0.3) is 22.0 Å². The van der Waals surface area contributed by atoms with Gasteiger partial charge in [-0.3, -0.25) is 9.88 Å². The lowest BCUT2D eigenvalue weighted by molar-refractivity contribution is 0.112. The Hall–Kier alpha value is -2.53. The first-order valence-electron chi connectivity index (χ1n) is 9.62. The summed E-state index contributed by atoms with van der Waals surface area (Å²) in [6.07, 6.45) is 3.76. The van der Waals surface area contributed by atoms with Gasteiger partial charge >= 0.3 is 0 Å². The van der Waals surface area contributed by atoms with Gasteiger partial charge in [-0.15, -0.1) is 10.2 Å². The molecule has 3 heterocycles. The molecular weight excluding hydrogens is 334 g/mol. The predicted octanol–water partition coefficient (Wildman–Crippen LogP) is 4.00. The van der Waals surface area contributed by atoms with Crippen LogP contribution < -0.4 is 4.90 Å². The molecule has 27 heavy (non-hydrogen) atoms. The molecule has 5 heteroatoms. The second kappa shape index (κ2) is 6.89. The van der Waals surface area contributed by atoms with Gasteiger partial charge in [-0.25, -0.2) is 0 Å². The summed E-state index contributed by atoms with van der Waals surface area (Å²) in [5.74, 6) is 0.943. The quantitative estimate of drug-likeness (QED) is 0.690. The Morgan fingerprint density at radius 3 is 2.44 bits per heavy atom. The number of hydrogen-bond donors (Lipinski definition) is 0. The SMILES string of the molecule is C[C@@H]1CN(C(C)(C)C)CCN1c1nnc(-c2ccccc2)c2ccncc12. The molecule has 0 saturated carbocycles. The van der Waals surface area contributed by atoms with Crippen molar-refractivity contribution < 1.29 is 0 Å². The molecule has 1 aromatic carbocycles. The summed E-state index contributed by atoms with van der Waals surface area (Å²) in [7, 11) is 0. The van der Waals surface area contributed by atoms with E-state index in [4.69, 9.17) is 0 Å². The Morgan fingerprint density at radius 2 is 1.74 bits per heavy atom. The summed E-state index contributed by atoms with van der Waals surface area (Å²) in [6, 6.07) is 12.7. The molecule has 5 nitrogen and oxygen atoms in total. The minimum atomic E-state index is 0.187. The Kier molecular flexibility index (Phi) is 4.56. The van der Waals surface area contributed by atoms with E-state index >= 15 is 0 Å². The molecule has 4 rings (SSSR count). The third kappa shape index (κ3) is 3.39. The molecule has 1 atom stereocenters. The molecule has 3 aromatic rings. The number of aromatic nitrogens is 3. The largest absolute Gasteiger partial charge is 0.349 e. The van der Waals surface area contributed by atoms with Crippen molar-refractivity contribution >= 4 is 16.6 Å². The van der Waals surface area contributed by atoms with Crippen LogP contribution in [0.5, 0.6) is 0 Å². The minimum Gasteiger partial charge on any atom is -0.349 e. The molecule has 1 aliphatic rings. The van der Waals surface area contributed by atoms with Crippen LogP contribution in [-0.4, -0.2) is 51.3 Å². The first-order valence-corrected chi connectivity index (χ1v) is 9.62. The molecule has 0 spiro atoms. The molecule has 1 fully saturated rings. The van der Waals surface area contributed by atoms with Gasteiger partial charge in [0, 0.05) is 59.9 Å². The fraction of sp³-hybridized carbons (Fsp3) is 0.409. The van der Waals surface area contributed by atoms with Crippen molar-refractivity contribution in [3.63, 3.8) is 0 Å². The number of pyridine rings is 1. The smallest absolute Gasteiger partial charge is 0.161 e. The Bertz CT molecular complexity index is 932. The third-order valence-electron chi connectivity index (χ3n) is 5.46. The molecule has 1 aliphatic heterocycles. The van der Waals surface area contributed by atoms with E-state index < -0.39 is 0 Å². The van der Waals surface area contributed by atoms with Crippen molar-refractivity contribution in [2.24, 2.45) is 0 Å². The third-order valence-corrected chi connectivity index (χ3v) is 5.46. The zero-order valence-electron chi connectivity index (χ0n) is 16.6. The molecule has 0 amide bonds. The van der Waals surface area contributed by atoms with Crippen LogP contribution in [0.15, 0.2) is 48.8 Å². The number of fused-ring (bicyclic) bond motifs is 1. The van der Waals surface area contributed by atoms with Gasteiger partial charge in [0.15, 0.2) is 5.82 Å².